The third kappa shape index (κ3) is 2.86. The van der Waals surface area contributed by atoms with E-state index in [1.54, 1.807) is 12.6 Å². The maximum absolute atomic E-state index is 5.54. The molecule has 2 aromatic heterocycles. The molecule has 0 aromatic carbocycles. The molecule has 0 saturated heterocycles. The molecule has 3 heterocycles. The molecule has 0 radical (unpaired) electrons. The third-order valence-corrected chi connectivity index (χ3v) is 4.28. The lowest BCUT2D eigenvalue weighted by atomic mass is 10.2. The molecule has 1 N–H and O–H groups in total. The third-order valence-electron chi connectivity index (χ3n) is 4.28. The predicted octanol–water partition coefficient (Wildman–Crippen LogP) is 2.84. The van der Waals surface area contributed by atoms with E-state index in [1.165, 1.54) is 18.4 Å². The summed E-state index contributed by atoms with van der Waals surface area (Å²) in [5.74, 6) is 3.90. The first-order valence-electron chi connectivity index (χ1n) is 7.74. The summed E-state index contributed by atoms with van der Waals surface area (Å²) in [7, 11) is 0. The summed E-state index contributed by atoms with van der Waals surface area (Å²) in [6.07, 6.45) is 8.25. The highest BCUT2D eigenvalue weighted by Gasteiger charge is 2.21. The Morgan fingerprint density at radius 2 is 2.29 bits per heavy atom. The molecule has 1 saturated carbocycles. The summed E-state index contributed by atoms with van der Waals surface area (Å²) in [5.41, 5.74) is 1.28. The van der Waals surface area contributed by atoms with Crippen LogP contribution in [0.25, 0.3) is 0 Å². The number of nitrogens with one attached hydrogen (secondary N) is 1. The van der Waals surface area contributed by atoms with Crippen LogP contribution in [0.4, 0.5) is 11.6 Å². The molecule has 4 rings (SSSR count). The topological polar surface area (TPSA) is 54.2 Å². The molecule has 21 heavy (non-hydrogen) atoms. The number of hydrogen-bond acceptors (Lipinski definition) is 5. The number of aromatic nitrogens is 2. The molecule has 0 unspecified atom stereocenters. The van der Waals surface area contributed by atoms with Crippen LogP contribution in [0.15, 0.2) is 29.1 Å². The minimum atomic E-state index is 0.843. The standard InChI is InChI=1S/C16H20N4O/c1-2-14-13(5-7-21-14)10-20(6-1)16-8-15(18-11-19-16)17-9-12-3-4-12/h5,7-8,11-12H,1-4,6,9-10H2,(H,17,18,19). The van der Waals surface area contributed by atoms with Gasteiger partial charge in [-0.3, -0.25) is 0 Å². The number of hydrogen-bond donors (Lipinski definition) is 1. The van der Waals surface area contributed by atoms with Crippen LogP contribution in [0, 0.1) is 5.92 Å². The van der Waals surface area contributed by atoms with Gasteiger partial charge in [0.05, 0.1) is 6.26 Å². The van der Waals surface area contributed by atoms with Crippen LogP contribution < -0.4 is 10.2 Å². The molecule has 1 aliphatic heterocycles. The van der Waals surface area contributed by atoms with Crippen molar-refractivity contribution in [2.75, 3.05) is 23.3 Å². The lowest BCUT2D eigenvalue weighted by Crippen LogP contribution is -2.23. The highest BCUT2D eigenvalue weighted by atomic mass is 16.3. The summed E-state index contributed by atoms with van der Waals surface area (Å²) in [6.45, 7) is 2.90. The lowest BCUT2D eigenvalue weighted by molar-refractivity contribution is 0.504. The van der Waals surface area contributed by atoms with Gasteiger partial charge >= 0.3 is 0 Å². The molecular weight excluding hydrogens is 264 g/mol. The Bertz CT molecular complexity index is 620. The van der Waals surface area contributed by atoms with E-state index in [2.05, 4.69) is 32.3 Å². The first kappa shape index (κ1) is 12.7. The maximum Gasteiger partial charge on any atom is 0.134 e. The van der Waals surface area contributed by atoms with Crippen molar-refractivity contribution in [2.24, 2.45) is 5.92 Å². The van der Waals surface area contributed by atoms with E-state index in [1.807, 2.05) is 0 Å². The van der Waals surface area contributed by atoms with Gasteiger partial charge in [0, 0.05) is 37.7 Å². The van der Waals surface area contributed by atoms with Crippen molar-refractivity contribution in [3.63, 3.8) is 0 Å². The number of furan rings is 1. The predicted molar refractivity (Wildman–Crippen MR) is 81.3 cm³/mol. The summed E-state index contributed by atoms with van der Waals surface area (Å²) in [6, 6.07) is 4.13. The lowest BCUT2D eigenvalue weighted by Gasteiger charge is -2.21. The zero-order chi connectivity index (χ0) is 14.1. The van der Waals surface area contributed by atoms with E-state index < -0.39 is 0 Å². The average molecular weight is 284 g/mol. The van der Waals surface area contributed by atoms with Crippen LogP contribution in [-0.4, -0.2) is 23.1 Å². The van der Waals surface area contributed by atoms with Crippen LogP contribution >= 0.6 is 0 Å². The van der Waals surface area contributed by atoms with Gasteiger partial charge in [-0.15, -0.1) is 0 Å². The van der Waals surface area contributed by atoms with E-state index in [4.69, 9.17) is 4.42 Å². The first-order valence-corrected chi connectivity index (χ1v) is 7.74. The molecule has 2 aliphatic rings. The fourth-order valence-corrected chi connectivity index (χ4v) is 2.83. The Morgan fingerprint density at radius 1 is 1.33 bits per heavy atom. The van der Waals surface area contributed by atoms with E-state index in [0.29, 0.717) is 0 Å². The van der Waals surface area contributed by atoms with Gasteiger partial charge in [0.25, 0.3) is 0 Å². The van der Waals surface area contributed by atoms with Crippen molar-refractivity contribution in [3.8, 4) is 0 Å². The van der Waals surface area contributed by atoms with E-state index in [0.717, 1.165) is 55.8 Å². The molecule has 5 nitrogen and oxygen atoms in total. The van der Waals surface area contributed by atoms with Gasteiger partial charge in [-0.25, -0.2) is 9.97 Å². The van der Waals surface area contributed by atoms with Gasteiger partial charge in [0.15, 0.2) is 0 Å². The number of fused-ring (bicyclic) bond motifs is 1. The molecule has 1 aliphatic carbocycles. The number of anilines is 2. The van der Waals surface area contributed by atoms with Gasteiger partial charge in [-0.1, -0.05) is 0 Å². The van der Waals surface area contributed by atoms with Crippen molar-refractivity contribution in [1.82, 2.24) is 9.97 Å². The minimum absolute atomic E-state index is 0.843. The van der Waals surface area contributed by atoms with Gasteiger partial charge < -0.3 is 14.6 Å². The molecule has 1 fully saturated rings. The van der Waals surface area contributed by atoms with Crippen molar-refractivity contribution < 1.29 is 4.42 Å². The second kappa shape index (κ2) is 5.39. The largest absolute Gasteiger partial charge is 0.469 e. The summed E-state index contributed by atoms with van der Waals surface area (Å²) in [5, 5.41) is 3.42. The second-order valence-corrected chi connectivity index (χ2v) is 5.98. The van der Waals surface area contributed by atoms with Crippen molar-refractivity contribution in [1.29, 1.82) is 0 Å². The Balaban J connectivity index is 1.50. The zero-order valence-electron chi connectivity index (χ0n) is 12.1. The molecule has 110 valence electrons. The number of rotatable bonds is 4. The van der Waals surface area contributed by atoms with Crippen LogP contribution in [0.2, 0.25) is 0 Å². The van der Waals surface area contributed by atoms with E-state index >= 15 is 0 Å². The van der Waals surface area contributed by atoms with Crippen LogP contribution in [0.1, 0.15) is 30.6 Å². The minimum Gasteiger partial charge on any atom is -0.469 e. The number of aryl methyl sites for hydroxylation is 1. The SMILES string of the molecule is c1nc(NCC2CC2)cc(N2CCCc3occc3C2)n1. The molecule has 0 bridgehead atoms. The summed E-state index contributed by atoms with van der Waals surface area (Å²) < 4.78 is 5.54. The normalized spacial score (nSPS) is 18.2. The van der Waals surface area contributed by atoms with Crippen molar-refractivity contribution >= 4 is 11.6 Å². The molecule has 2 aromatic rings. The molecule has 5 heteroatoms. The van der Waals surface area contributed by atoms with Gasteiger partial charge in [0.1, 0.15) is 23.7 Å². The monoisotopic (exact) mass is 284 g/mol. The second-order valence-electron chi connectivity index (χ2n) is 5.98. The fourth-order valence-electron chi connectivity index (χ4n) is 2.83. The summed E-state index contributed by atoms with van der Waals surface area (Å²) in [4.78, 5) is 11.1. The Morgan fingerprint density at radius 3 is 3.19 bits per heavy atom. The molecular formula is C16H20N4O. The molecule has 0 amide bonds. The van der Waals surface area contributed by atoms with Crippen LogP contribution in [0.5, 0.6) is 0 Å². The van der Waals surface area contributed by atoms with Crippen LogP contribution in [0.3, 0.4) is 0 Å². The smallest absolute Gasteiger partial charge is 0.134 e. The average Bonchev–Trinajstić information content (AvgIpc) is 3.28. The molecule has 0 spiro atoms. The Kier molecular flexibility index (Phi) is 3.25. The number of nitrogens with zero attached hydrogens (tertiary/aromatic N) is 3. The maximum atomic E-state index is 5.54. The van der Waals surface area contributed by atoms with Crippen molar-refractivity contribution in [3.05, 3.63) is 36.0 Å². The van der Waals surface area contributed by atoms with E-state index in [-0.39, 0.29) is 0 Å². The van der Waals surface area contributed by atoms with Crippen LogP contribution in [-0.2, 0) is 13.0 Å². The van der Waals surface area contributed by atoms with Gasteiger partial charge in [-0.2, -0.15) is 0 Å². The Hall–Kier alpha value is -2.04. The quantitative estimate of drug-likeness (QED) is 0.935. The summed E-state index contributed by atoms with van der Waals surface area (Å²) >= 11 is 0. The first-order chi connectivity index (χ1) is 10.4. The zero-order valence-corrected chi connectivity index (χ0v) is 12.1. The Labute approximate surface area is 124 Å². The van der Waals surface area contributed by atoms with E-state index in [9.17, 15) is 0 Å². The molecule has 0 atom stereocenters. The fraction of sp³-hybridized carbons (Fsp3) is 0.500. The van der Waals surface area contributed by atoms with Gasteiger partial charge in [-0.05, 0) is 31.2 Å². The highest BCUT2D eigenvalue weighted by Crippen LogP contribution is 2.29. The van der Waals surface area contributed by atoms with Crippen molar-refractivity contribution in [2.45, 2.75) is 32.2 Å². The van der Waals surface area contributed by atoms with Gasteiger partial charge in [0.2, 0.25) is 0 Å². The highest BCUT2D eigenvalue weighted by molar-refractivity contribution is 5.49.